The van der Waals surface area contributed by atoms with Gasteiger partial charge in [0.2, 0.25) is 0 Å². The predicted octanol–water partition coefficient (Wildman–Crippen LogP) is 32.0. The second-order valence-corrected chi connectivity index (χ2v) is 36.8. The minimum absolute atomic E-state index is 0.0811. The van der Waals surface area contributed by atoms with Gasteiger partial charge in [0.1, 0.15) is 0 Å². The molecule has 4 nitrogen and oxygen atoms in total. The lowest BCUT2D eigenvalue weighted by atomic mass is 9.90. The number of allylic oxidation sites excluding steroid dienone is 18. The molecule has 0 bridgehead atoms. The molecule has 128 heavy (non-hydrogen) atoms. The van der Waals surface area contributed by atoms with E-state index < -0.39 is 0 Å². The van der Waals surface area contributed by atoms with Gasteiger partial charge < -0.3 is 15.1 Å². The van der Waals surface area contributed by atoms with Crippen LogP contribution in [0.5, 0.6) is 0 Å². The summed E-state index contributed by atoms with van der Waals surface area (Å²) in [5, 5.41) is 11.5. The SMILES string of the molecule is C=C(C)c1ccc(C(=O)NC2=Cc3ccc(C(=C)C)cc3C2)cc1.C=C(C)c1ccc(C2=CC=C(c3ccc(C(=C)C)cc3)C2)cc1.C=C(C)c1ccc(C2=Cc3cc(C(=C)C)ccc3C2)cc1.C=C(C)c1ccc2c(c1)C=C(/C=C/C1=Cc3ccc(C(=C)C)cc3C1)C2.Cc1cc(CCCCN(C)C)c2ccc3c4cc(C)cc(CCCCN(C)C)c4ccc3c2c1. The van der Waals surface area contributed by atoms with Gasteiger partial charge in [-0.1, -0.05) is 345 Å². The first-order valence-electron chi connectivity index (χ1n) is 45.4. The molecule has 1 amide bonds. The van der Waals surface area contributed by atoms with Gasteiger partial charge in [0.05, 0.1) is 0 Å². The highest BCUT2D eigenvalue weighted by Gasteiger charge is 2.21. The third-order valence-electron chi connectivity index (χ3n) is 25.1. The lowest BCUT2D eigenvalue weighted by Crippen LogP contribution is -2.22. The van der Waals surface area contributed by atoms with Crippen molar-refractivity contribution in [3.05, 3.63) is 446 Å². The number of fused-ring (bicyclic) bond motifs is 9. The van der Waals surface area contributed by atoms with Gasteiger partial charge in [-0.3, -0.25) is 4.79 Å². The van der Waals surface area contributed by atoms with Gasteiger partial charge >= 0.3 is 0 Å². The third kappa shape index (κ3) is 23.6. The Labute approximate surface area is 765 Å². The molecule has 0 aromatic heterocycles. The summed E-state index contributed by atoms with van der Waals surface area (Å²) in [7, 11) is 8.65. The number of amides is 1. The van der Waals surface area contributed by atoms with E-state index in [1.54, 1.807) is 0 Å². The summed E-state index contributed by atoms with van der Waals surface area (Å²) >= 11 is 0. The quantitative estimate of drug-likeness (QED) is 0.0458. The highest BCUT2D eigenvalue weighted by atomic mass is 16.1. The summed E-state index contributed by atoms with van der Waals surface area (Å²) in [5.74, 6) is -0.0811. The molecule has 0 atom stereocenters. The Kier molecular flexibility index (Phi) is 30.4. The molecule has 0 radical (unpaired) electrons. The molecular weight excluding hydrogens is 1550 g/mol. The topological polar surface area (TPSA) is 35.6 Å². The van der Waals surface area contributed by atoms with Crippen LogP contribution in [0, 0.1) is 13.8 Å². The molecular formula is C124H129N3O. The Morgan fingerprint density at radius 2 is 0.641 bits per heavy atom. The molecule has 0 fully saturated rings. The van der Waals surface area contributed by atoms with Crippen LogP contribution in [0.3, 0.4) is 0 Å². The average molecular weight is 1680 g/mol. The van der Waals surface area contributed by atoms with Crippen molar-refractivity contribution in [1.29, 1.82) is 0 Å². The maximum absolute atomic E-state index is 12.4. The molecule has 646 valence electrons. The fourth-order valence-electron chi connectivity index (χ4n) is 17.6. The van der Waals surface area contributed by atoms with Crippen molar-refractivity contribution in [2.75, 3.05) is 41.3 Å². The van der Waals surface area contributed by atoms with Gasteiger partial charge in [0.25, 0.3) is 5.91 Å². The Morgan fingerprint density at radius 3 is 1.06 bits per heavy atom. The van der Waals surface area contributed by atoms with Crippen molar-refractivity contribution in [2.45, 2.75) is 140 Å². The highest BCUT2D eigenvalue weighted by Crippen LogP contribution is 2.41. The molecule has 0 saturated heterocycles. The van der Waals surface area contributed by atoms with E-state index in [0.717, 1.165) is 125 Å². The number of hydrogen-bond acceptors (Lipinski definition) is 3. The van der Waals surface area contributed by atoms with Gasteiger partial charge in [-0.25, -0.2) is 0 Å². The summed E-state index contributed by atoms with van der Waals surface area (Å²) in [6.07, 6.45) is 30.0. The number of hydrogen-bond donors (Lipinski definition) is 1. The van der Waals surface area contributed by atoms with Gasteiger partial charge in [-0.2, -0.15) is 0 Å². The molecule has 0 spiro atoms. The fourth-order valence-corrected chi connectivity index (χ4v) is 17.6. The molecule has 0 aliphatic heterocycles. The van der Waals surface area contributed by atoms with Crippen LogP contribution in [-0.2, 0) is 38.5 Å². The average Bonchev–Trinajstić information content (AvgIpc) is 1.07. The van der Waals surface area contributed by atoms with Crippen molar-refractivity contribution in [1.82, 2.24) is 15.1 Å². The molecule has 12 aromatic rings. The van der Waals surface area contributed by atoms with Crippen molar-refractivity contribution < 1.29 is 4.79 Å². The lowest BCUT2D eigenvalue weighted by molar-refractivity contribution is 0.0965. The smallest absolute Gasteiger partial charge is 0.255 e. The number of unbranched alkanes of at least 4 members (excludes halogenated alkanes) is 2. The third-order valence-corrected chi connectivity index (χ3v) is 25.1. The standard InChI is InChI=1S/C32H42N2.C26H24.C23H22.C22H21NO.C21H20/c1-23-19-25(11-7-9-17-33(3)4)27-13-16-30-29(31(27)21-23)15-14-28-26(12-8-10-18-34(5)6)20-24(2)22-32(28)30;1-17(2)21-7-9-23-11-19(13-25(23)15-21)5-6-20-12-24-10-8-22(18(3)4)16-26(24)14-20;1-16(2)18-5-9-20(10-6-18)22-13-14-23(15-22)21-11-7-19(8-12-21)17(3)4;1-14(2)16-5-7-17(8-6-16)22(24)23-21-12-19-10-9-18(15(3)4)11-20(19)13-21;1-14(2)16-5-7-17(8-6-16)20-12-19-10-9-18(15(3)4)11-21(19)13-20/h13-16,19-22H,7-12,17-18H2,1-6H3;5-11,14-16H,1,3,12-13H2,2,4H3;5-14H,1,3,15H2,2,4H3;5-12H,1,3,13H2,2,4H3,(H,23,24);5-11,13H,1,3,12H2,2,4H3/b;6-5+;;;. The van der Waals surface area contributed by atoms with Gasteiger partial charge in [0, 0.05) is 17.7 Å². The Morgan fingerprint density at radius 1 is 0.305 bits per heavy atom. The normalized spacial score (nSPS) is 13.1. The first-order valence-corrected chi connectivity index (χ1v) is 45.4. The Bertz CT molecular complexity index is 6420. The highest BCUT2D eigenvalue weighted by molar-refractivity contribution is 6.18. The van der Waals surface area contributed by atoms with Crippen LogP contribution in [0.25, 0.3) is 118 Å². The van der Waals surface area contributed by atoms with E-state index in [0.29, 0.717) is 5.56 Å². The maximum atomic E-state index is 12.4. The first-order chi connectivity index (χ1) is 61.3. The Balaban J connectivity index is 0.000000138. The first kappa shape index (κ1) is 92.6. The summed E-state index contributed by atoms with van der Waals surface area (Å²) in [4.78, 5) is 17.0. The van der Waals surface area contributed by atoms with Gasteiger partial charge in [-0.05, 0) is 382 Å². The van der Waals surface area contributed by atoms with Crippen molar-refractivity contribution in [3.8, 4) is 0 Å². The number of benzene rings is 12. The summed E-state index contributed by atoms with van der Waals surface area (Å²) in [5.41, 5.74) is 46.9. The van der Waals surface area contributed by atoms with Crippen LogP contribution in [0.2, 0.25) is 0 Å². The van der Waals surface area contributed by atoms with Crippen molar-refractivity contribution in [2.24, 2.45) is 0 Å². The molecule has 5 aliphatic rings. The molecule has 0 heterocycles. The van der Waals surface area contributed by atoms with E-state index in [1.807, 2.05) is 65.0 Å². The zero-order valence-corrected chi connectivity index (χ0v) is 78.6. The van der Waals surface area contributed by atoms with E-state index >= 15 is 0 Å². The molecule has 17 rings (SSSR count). The molecule has 12 aromatic carbocycles. The van der Waals surface area contributed by atoms with E-state index in [2.05, 4.69) is 367 Å². The monoisotopic (exact) mass is 1680 g/mol. The van der Waals surface area contributed by atoms with E-state index in [-0.39, 0.29) is 5.91 Å². The van der Waals surface area contributed by atoms with Crippen LogP contribution in [-0.4, -0.2) is 57.0 Å². The summed E-state index contributed by atoms with van der Waals surface area (Å²) in [6.45, 7) is 55.1. The lowest BCUT2D eigenvalue weighted by Gasteiger charge is -2.15. The zero-order chi connectivity index (χ0) is 91.1. The maximum Gasteiger partial charge on any atom is 0.255 e. The van der Waals surface area contributed by atoms with Gasteiger partial charge in [0.15, 0.2) is 0 Å². The van der Waals surface area contributed by atoms with E-state index in [1.165, 1.54) is 197 Å². The predicted molar refractivity (Wildman–Crippen MR) is 564 cm³/mol. The van der Waals surface area contributed by atoms with Gasteiger partial charge in [-0.15, -0.1) is 0 Å². The van der Waals surface area contributed by atoms with Crippen molar-refractivity contribution >= 4 is 124 Å². The number of nitrogens with one attached hydrogen (secondary N) is 1. The zero-order valence-electron chi connectivity index (χ0n) is 78.6. The number of carbonyl (C=O) groups excluding carboxylic acids is 1. The second kappa shape index (κ2) is 42.0. The number of carbonyl (C=O) groups is 1. The number of rotatable bonds is 25. The summed E-state index contributed by atoms with van der Waals surface area (Å²) in [6, 6.07) is 79.0. The molecule has 0 saturated carbocycles. The van der Waals surface area contributed by atoms with Crippen LogP contribution in [0.15, 0.2) is 312 Å². The molecule has 4 heteroatoms. The van der Waals surface area contributed by atoms with Crippen LogP contribution in [0.1, 0.15) is 226 Å². The minimum atomic E-state index is -0.0811. The van der Waals surface area contributed by atoms with Crippen molar-refractivity contribution in [3.63, 3.8) is 0 Å². The fraction of sp³-hybridized carbons (Fsp3) is 0.218. The minimum Gasteiger partial charge on any atom is -0.325 e. The molecule has 1 N–H and O–H groups in total. The van der Waals surface area contributed by atoms with E-state index in [9.17, 15) is 4.79 Å². The number of nitrogens with zero attached hydrogens (tertiary/aromatic N) is 2. The van der Waals surface area contributed by atoms with Crippen LogP contribution < -0.4 is 5.32 Å². The second-order valence-electron chi connectivity index (χ2n) is 36.8. The molecule has 0 unspecified atom stereocenters. The van der Waals surface area contributed by atoms with Crippen LogP contribution >= 0.6 is 0 Å². The largest absolute Gasteiger partial charge is 0.325 e. The van der Waals surface area contributed by atoms with Crippen LogP contribution in [0.4, 0.5) is 0 Å². The molecule has 5 aliphatic carbocycles. The summed E-state index contributed by atoms with van der Waals surface area (Å²) < 4.78 is 0. The van der Waals surface area contributed by atoms with E-state index in [4.69, 9.17) is 0 Å². The Hall–Kier alpha value is -13.1. The number of aryl methyl sites for hydroxylation is 4.